The van der Waals surface area contributed by atoms with Gasteiger partial charge in [0.25, 0.3) is 0 Å². The number of methoxy groups -OCH3 is 1. The molecule has 6 nitrogen and oxygen atoms in total. The van der Waals surface area contributed by atoms with E-state index in [1.807, 2.05) is 19.1 Å². The molecular formula is C17H24N4O2. The van der Waals surface area contributed by atoms with Crippen molar-refractivity contribution in [2.45, 2.75) is 26.3 Å². The summed E-state index contributed by atoms with van der Waals surface area (Å²) in [7, 11) is 1.69. The molecule has 0 spiro atoms. The molecule has 3 rings (SSSR count). The zero-order valence-electron chi connectivity index (χ0n) is 14.0. The van der Waals surface area contributed by atoms with Crippen LogP contribution in [0.25, 0.3) is 0 Å². The Labute approximate surface area is 137 Å². The van der Waals surface area contributed by atoms with E-state index in [4.69, 9.17) is 9.15 Å². The summed E-state index contributed by atoms with van der Waals surface area (Å²) < 4.78 is 10.8. The van der Waals surface area contributed by atoms with E-state index in [-0.39, 0.29) is 6.04 Å². The largest absolute Gasteiger partial charge is 0.497 e. The molecule has 1 fully saturated rings. The average molecular weight is 316 g/mol. The monoisotopic (exact) mass is 316 g/mol. The average Bonchev–Trinajstić information content (AvgIpc) is 2.87. The molecule has 0 N–H and O–H groups in total. The molecule has 124 valence electrons. The third-order valence-corrected chi connectivity index (χ3v) is 4.41. The fourth-order valence-electron chi connectivity index (χ4n) is 3.01. The first kappa shape index (κ1) is 15.8. The fraction of sp³-hybridized carbons (Fsp3) is 0.529. The standard InChI is InChI=1S/C17H24N4O2/c1-13(17-19-18-14(2)23-17)20-9-4-10-21(12-11-20)15-5-7-16(22-3)8-6-15/h5-8,13H,4,9-12H2,1-3H3/t13-/m1/s1. The third-order valence-electron chi connectivity index (χ3n) is 4.41. The number of nitrogens with zero attached hydrogens (tertiary/aromatic N) is 4. The van der Waals surface area contributed by atoms with E-state index in [0.717, 1.165) is 38.3 Å². The molecule has 1 atom stereocenters. The summed E-state index contributed by atoms with van der Waals surface area (Å²) >= 11 is 0. The van der Waals surface area contributed by atoms with Gasteiger partial charge in [-0.05, 0) is 37.6 Å². The van der Waals surface area contributed by atoms with Crippen molar-refractivity contribution in [1.29, 1.82) is 0 Å². The Kier molecular flexibility index (Phi) is 4.81. The van der Waals surface area contributed by atoms with Crippen LogP contribution in [0.3, 0.4) is 0 Å². The van der Waals surface area contributed by atoms with E-state index in [1.54, 1.807) is 7.11 Å². The summed E-state index contributed by atoms with van der Waals surface area (Å²) in [5.74, 6) is 2.23. The SMILES string of the molecule is COc1ccc(N2CCCN([C@H](C)c3nnc(C)o3)CC2)cc1. The van der Waals surface area contributed by atoms with Crippen molar-refractivity contribution in [1.82, 2.24) is 15.1 Å². The van der Waals surface area contributed by atoms with Gasteiger partial charge in [0, 0.05) is 38.8 Å². The lowest BCUT2D eigenvalue weighted by Gasteiger charge is -2.26. The minimum absolute atomic E-state index is 0.159. The molecule has 6 heteroatoms. The van der Waals surface area contributed by atoms with Gasteiger partial charge >= 0.3 is 0 Å². The zero-order chi connectivity index (χ0) is 16.2. The number of hydrogen-bond acceptors (Lipinski definition) is 6. The second-order valence-corrected chi connectivity index (χ2v) is 5.91. The van der Waals surface area contributed by atoms with Crippen LogP contribution in [0.2, 0.25) is 0 Å². The first-order valence-corrected chi connectivity index (χ1v) is 8.10. The Morgan fingerprint density at radius 1 is 1.09 bits per heavy atom. The molecule has 1 aromatic heterocycles. The van der Waals surface area contributed by atoms with E-state index in [2.05, 4.69) is 39.1 Å². The van der Waals surface area contributed by atoms with E-state index in [1.165, 1.54) is 5.69 Å². The molecule has 0 aliphatic carbocycles. The van der Waals surface area contributed by atoms with Crippen molar-refractivity contribution in [2.24, 2.45) is 0 Å². The number of benzene rings is 1. The van der Waals surface area contributed by atoms with Crippen LogP contribution in [0.15, 0.2) is 28.7 Å². The van der Waals surface area contributed by atoms with Crippen molar-refractivity contribution >= 4 is 5.69 Å². The van der Waals surface area contributed by atoms with Crippen LogP contribution in [0, 0.1) is 6.92 Å². The molecule has 1 saturated heterocycles. The van der Waals surface area contributed by atoms with E-state index in [9.17, 15) is 0 Å². The highest BCUT2D eigenvalue weighted by atomic mass is 16.5. The molecule has 23 heavy (non-hydrogen) atoms. The Bertz CT molecular complexity index is 626. The number of anilines is 1. The van der Waals surface area contributed by atoms with Crippen LogP contribution < -0.4 is 9.64 Å². The molecule has 2 aromatic rings. The van der Waals surface area contributed by atoms with Gasteiger partial charge in [-0.2, -0.15) is 0 Å². The second-order valence-electron chi connectivity index (χ2n) is 5.91. The zero-order valence-corrected chi connectivity index (χ0v) is 14.0. The van der Waals surface area contributed by atoms with Gasteiger partial charge in [-0.3, -0.25) is 4.90 Å². The van der Waals surface area contributed by atoms with Crippen molar-refractivity contribution < 1.29 is 9.15 Å². The highest BCUT2D eigenvalue weighted by Gasteiger charge is 2.23. The number of ether oxygens (including phenoxy) is 1. The smallest absolute Gasteiger partial charge is 0.233 e. The molecule has 1 aromatic carbocycles. The van der Waals surface area contributed by atoms with Crippen molar-refractivity contribution in [3.8, 4) is 5.75 Å². The van der Waals surface area contributed by atoms with Gasteiger partial charge in [-0.25, -0.2) is 0 Å². The first-order valence-electron chi connectivity index (χ1n) is 8.10. The van der Waals surface area contributed by atoms with Crippen molar-refractivity contribution in [3.05, 3.63) is 36.0 Å². The van der Waals surface area contributed by atoms with Crippen LogP contribution >= 0.6 is 0 Å². The molecule has 0 bridgehead atoms. The Morgan fingerprint density at radius 3 is 2.52 bits per heavy atom. The van der Waals surface area contributed by atoms with Crippen LogP contribution in [0.1, 0.15) is 31.2 Å². The Morgan fingerprint density at radius 2 is 1.87 bits per heavy atom. The molecular weight excluding hydrogens is 292 g/mol. The van der Waals surface area contributed by atoms with Gasteiger partial charge in [-0.1, -0.05) is 0 Å². The first-order chi connectivity index (χ1) is 11.2. The van der Waals surface area contributed by atoms with E-state index < -0.39 is 0 Å². The normalized spacial score (nSPS) is 17.8. The van der Waals surface area contributed by atoms with Crippen LogP contribution in [0.5, 0.6) is 5.75 Å². The predicted octanol–water partition coefficient (Wildman–Crippen LogP) is 2.66. The van der Waals surface area contributed by atoms with Gasteiger partial charge in [0.1, 0.15) is 5.75 Å². The molecule has 1 aliphatic rings. The van der Waals surface area contributed by atoms with Gasteiger partial charge in [0.15, 0.2) is 0 Å². The summed E-state index contributed by atoms with van der Waals surface area (Å²) in [6, 6.07) is 8.44. The summed E-state index contributed by atoms with van der Waals surface area (Å²) in [4.78, 5) is 4.84. The highest BCUT2D eigenvalue weighted by Crippen LogP contribution is 2.24. The maximum absolute atomic E-state index is 5.58. The summed E-state index contributed by atoms with van der Waals surface area (Å²) in [6.45, 7) is 8.03. The van der Waals surface area contributed by atoms with Crippen molar-refractivity contribution in [3.63, 3.8) is 0 Å². The minimum atomic E-state index is 0.159. The quantitative estimate of drug-likeness (QED) is 0.864. The Hall–Kier alpha value is -2.08. The number of aromatic nitrogens is 2. The topological polar surface area (TPSA) is 54.6 Å². The summed E-state index contributed by atoms with van der Waals surface area (Å²) in [5.41, 5.74) is 1.24. The predicted molar refractivity (Wildman–Crippen MR) is 88.8 cm³/mol. The van der Waals surface area contributed by atoms with E-state index >= 15 is 0 Å². The summed E-state index contributed by atoms with van der Waals surface area (Å²) in [6.07, 6.45) is 1.11. The lowest BCUT2D eigenvalue weighted by atomic mass is 10.2. The molecule has 2 heterocycles. The van der Waals surface area contributed by atoms with Crippen LogP contribution in [-0.4, -0.2) is 48.4 Å². The van der Waals surface area contributed by atoms with Crippen LogP contribution in [-0.2, 0) is 0 Å². The van der Waals surface area contributed by atoms with Gasteiger partial charge < -0.3 is 14.1 Å². The molecule has 0 saturated carbocycles. The van der Waals surface area contributed by atoms with Crippen LogP contribution in [0.4, 0.5) is 5.69 Å². The molecule has 1 aliphatic heterocycles. The lowest BCUT2D eigenvalue weighted by molar-refractivity contribution is 0.194. The van der Waals surface area contributed by atoms with Crippen molar-refractivity contribution in [2.75, 3.05) is 38.2 Å². The number of aryl methyl sites for hydroxylation is 1. The fourth-order valence-corrected chi connectivity index (χ4v) is 3.01. The van der Waals surface area contributed by atoms with Gasteiger partial charge in [-0.15, -0.1) is 10.2 Å². The van der Waals surface area contributed by atoms with Gasteiger partial charge in [0.2, 0.25) is 11.8 Å². The maximum Gasteiger partial charge on any atom is 0.233 e. The number of hydrogen-bond donors (Lipinski definition) is 0. The molecule has 0 radical (unpaired) electrons. The lowest BCUT2D eigenvalue weighted by Crippen LogP contribution is -2.32. The third kappa shape index (κ3) is 3.64. The molecule has 0 unspecified atom stereocenters. The Balaban J connectivity index is 1.64. The highest BCUT2D eigenvalue weighted by molar-refractivity contribution is 5.49. The number of rotatable bonds is 4. The molecule has 0 amide bonds. The second kappa shape index (κ2) is 7.00. The summed E-state index contributed by atoms with van der Waals surface area (Å²) in [5, 5.41) is 8.10. The van der Waals surface area contributed by atoms with Gasteiger partial charge in [0.05, 0.1) is 13.2 Å². The maximum atomic E-state index is 5.58. The van der Waals surface area contributed by atoms with E-state index in [0.29, 0.717) is 11.8 Å². The minimum Gasteiger partial charge on any atom is -0.497 e.